The molecular formula is C8H10N4Y-2. The van der Waals surface area contributed by atoms with Crippen LogP contribution in [0, 0.1) is 25.8 Å². The Morgan fingerprint density at radius 1 is 1.77 bits per heavy atom. The number of aromatic nitrogens is 2. The molecule has 0 aliphatic carbocycles. The molecule has 0 aliphatic heterocycles. The van der Waals surface area contributed by atoms with E-state index in [1.54, 1.807) is 13.1 Å². The SMILES string of the molecule is [CH2-]n1ncc(C#N)c1N=CC.[CH3-].[Y]. The summed E-state index contributed by atoms with van der Waals surface area (Å²) in [6.07, 6.45) is 3.04. The van der Waals surface area contributed by atoms with Gasteiger partial charge in [0.1, 0.15) is 0 Å². The van der Waals surface area contributed by atoms with E-state index in [1.807, 2.05) is 6.07 Å². The summed E-state index contributed by atoms with van der Waals surface area (Å²) in [5.41, 5.74) is 0.443. The summed E-state index contributed by atoms with van der Waals surface area (Å²) in [4.78, 5) is 3.93. The van der Waals surface area contributed by atoms with E-state index in [0.717, 1.165) is 0 Å². The molecule has 0 spiro atoms. The zero-order valence-corrected chi connectivity index (χ0v) is 10.6. The molecule has 0 saturated carbocycles. The molecule has 0 amide bonds. The van der Waals surface area contributed by atoms with Crippen molar-refractivity contribution in [3.05, 3.63) is 26.2 Å². The minimum Gasteiger partial charge on any atom is -0.385 e. The summed E-state index contributed by atoms with van der Waals surface area (Å²) in [5.74, 6) is 0.495. The molecule has 1 radical (unpaired) electrons. The zero-order chi connectivity index (χ0) is 8.27. The molecule has 0 N–H and O–H groups in total. The molecule has 5 heteroatoms. The second-order valence-corrected chi connectivity index (χ2v) is 1.88. The van der Waals surface area contributed by atoms with Crippen molar-refractivity contribution in [1.29, 1.82) is 5.26 Å². The summed E-state index contributed by atoms with van der Waals surface area (Å²) in [5, 5.41) is 12.3. The Morgan fingerprint density at radius 3 is 2.85 bits per heavy atom. The van der Waals surface area contributed by atoms with Gasteiger partial charge in [-0.2, -0.15) is 12.3 Å². The van der Waals surface area contributed by atoms with E-state index in [9.17, 15) is 0 Å². The Morgan fingerprint density at radius 2 is 2.38 bits per heavy atom. The van der Waals surface area contributed by atoms with Gasteiger partial charge in [0.15, 0.2) is 0 Å². The summed E-state index contributed by atoms with van der Waals surface area (Å²) >= 11 is 0. The Balaban J connectivity index is 0. The van der Waals surface area contributed by atoms with Gasteiger partial charge in [-0.05, 0) is 13.1 Å². The monoisotopic (exact) mass is 251 g/mol. The van der Waals surface area contributed by atoms with E-state index in [1.165, 1.54) is 10.9 Å². The molecule has 0 aliphatic rings. The molecule has 4 nitrogen and oxygen atoms in total. The third-order valence-electron chi connectivity index (χ3n) is 1.18. The smallest absolute Gasteiger partial charge is 0.0848 e. The summed E-state index contributed by atoms with van der Waals surface area (Å²) in [6.45, 7) is 1.77. The Bertz CT molecular complexity index is 321. The number of aliphatic imine (C=N–C) groups is 1. The van der Waals surface area contributed by atoms with Crippen molar-refractivity contribution in [3.8, 4) is 6.07 Å². The maximum absolute atomic E-state index is 8.55. The van der Waals surface area contributed by atoms with Gasteiger partial charge in [-0.25, -0.2) is 5.10 Å². The van der Waals surface area contributed by atoms with Gasteiger partial charge in [0.2, 0.25) is 0 Å². The van der Waals surface area contributed by atoms with Crippen molar-refractivity contribution < 1.29 is 32.7 Å². The Labute approximate surface area is 104 Å². The predicted molar refractivity (Wildman–Crippen MR) is 47.9 cm³/mol. The summed E-state index contributed by atoms with van der Waals surface area (Å²) in [6, 6.07) is 1.96. The van der Waals surface area contributed by atoms with Crippen LogP contribution in [0.5, 0.6) is 0 Å². The van der Waals surface area contributed by atoms with Gasteiger partial charge in [-0.3, -0.25) is 0 Å². The van der Waals surface area contributed by atoms with Crippen LogP contribution < -0.4 is 0 Å². The second-order valence-electron chi connectivity index (χ2n) is 1.88. The van der Waals surface area contributed by atoms with Crippen molar-refractivity contribution >= 4 is 12.0 Å². The van der Waals surface area contributed by atoms with Crippen LogP contribution in [0.2, 0.25) is 0 Å². The number of hydrogen-bond acceptors (Lipinski definition) is 3. The first-order valence-corrected chi connectivity index (χ1v) is 3.07. The van der Waals surface area contributed by atoms with Gasteiger partial charge in [0.25, 0.3) is 0 Å². The van der Waals surface area contributed by atoms with E-state index < -0.39 is 0 Å². The fraction of sp³-hybridized carbons (Fsp3) is 0.125. The number of hydrogen-bond donors (Lipinski definition) is 0. The molecule has 1 aromatic rings. The predicted octanol–water partition coefficient (Wildman–Crippen LogP) is 1.56. The van der Waals surface area contributed by atoms with Crippen LogP contribution in [0.25, 0.3) is 0 Å². The first-order valence-electron chi connectivity index (χ1n) is 3.07. The molecule has 0 unspecified atom stereocenters. The van der Waals surface area contributed by atoms with Crippen molar-refractivity contribution in [2.45, 2.75) is 6.92 Å². The average Bonchev–Trinajstić information content (AvgIpc) is 2.34. The van der Waals surface area contributed by atoms with Gasteiger partial charge in [0.05, 0.1) is 6.07 Å². The summed E-state index contributed by atoms with van der Waals surface area (Å²) in [7, 11) is 3.55. The first kappa shape index (κ1) is 14.8. The molecular weight excluding hydrogens is 241 g/mol. The van der Waals surface area contributed by atoms with Gasteiger partial charge in [0, 0.05) is 50.3 Å². The minimum absolute atomic E-state index is 0. The standard InChI is InChI=1S/C7H7N4.CH3.Y/c1-3-9-7-6(4-8)5-10-11(7)2;;/h3,5H,2H2,1H3;1H3;/q2*-1;. The minimum atomic E-state index is 0. The maximum atomic E-state index is 8.55. The van der Waals surface area contributed by atoms with Crippen LogP contribution in [0.1, 0.15) is 12.5 Å². The van der Waals surface area contributed by atoms with Crippen LogP contribution in [0.3, 0.4) is 0 Å². The molecule has 1 heterocycles. The molecule has 13 heavy (non-hydrogen) atoms. The molecule has 0 aromatic carbocycles. The van der Waals surface area contributed by atoms with Crippen LogP contribution in [0.15, 0.2) is 11.2 Å². The van der Waals surface area contributed by atoms with E-state index >= 15 is 0 Å². The fourth-order valence-electron chi connectivity index (χ4n) is 0.716. The molecule has 0 saturated heterocycles. The molecule has 0 bridgehead atoms. The molecule has 0 atom stereocenters. The van der Waals surface area contributed by atoms with Gasteiger partial charge >= 0.3 is 0 Å². The number of rotatable bonds is 1. The van der Waals surface area contributed by atoms with Crippen LogP contribution in [0.4, 0.5) is 5.82 Å². The zero-order valence-electron chi connectivity index (χ0n) is 7.73. The molecule has 1 rings (SSSR count). The number of nitriles is 1. The second kappa shape index (κ2) is 6.82. The quantitative estimate of drug-likeness (QED) is 0.561. The Hall–Kier alpha value is -0.656. The van der Waals surface area contributed by atoms with Crippen LogP contribution in [-0.4, -0.2) is 16.0 Å². The maximum Gasteiger partial charge on any atom is 0.0848 e. The largest absolute Gasteiger partial charge is 0.385 e. The topological polar surface area (TPSA) is 54.0 Å². The van der Waals surface area contributed by atoms with Gasteiger partial charge in [-0.15, -0.1) is 0 Å². The van der Waals surface area contributed by atoms with Crippen molar-refractivity contribution in [1.82, 2.24) is 9.78 Å². The normalized spacial score (nSPS) is 8.62. The first-order chi connectivity index (χ1) is 5.29. The number of nitrogens with zero attached hydrogens (tertiary/aromatic N) is 4. The molecule has 0 fully saturated rings. The third kappa shape index (κ3) is 3.29. The molecule has 1 aromatic heterocycles. The van der Waals surface area contributed by atoms with Gasteiger partial charge in [-0.1, -0.05) is 0 Å². The van der Waals surface area contributed by atoms with Crippen molar-refractivity contribution in [2.24, 2.45) is 4.99 Å². The van der Waals surface area contributed by atoms with E-state index in [4.69, 9.17) is 5.26 Å². The van der Waals surface area contributed by atoms with E-state index in [0.29, 0.717) is 11.4 Å². The average molecular weight is 251 g/mol. The van der Waals surface area contributed by atoms with Crippen LogP contribution in [-0.2, 0) is 32.7 Å². The molecule has 67 valence electrons. The Kier molecular flexibility index (Phi) is 7.78. The third-order valence-corrected chi connectivity index (χ3v) is 1.18. The van der Waals surface area contributed by atoms with Crippen molar-refractivity contribution in [2.75, 3.05) is 0 Å². The summed E-state index contributed by atoms with van der Waals surface area (Å²) < 4.78 is 1.32. The van der Waals surface area contributed by atoms with E-state index in [-0.39, 0.29) is 40.1 Å². The van der Waals surface area contributed by atoms with Crippen molar-refractivity contribution in [3.63, 3.8) is 0 Å². The van der Waals surface area contributed by atoms with Gasteiger partial charge < -0.3 is 17.1 Å². The van der Waals surface area contributed by atoms with E-state index in [2.05, 4.69) is 17.1 Å². The fourth-order valence-corrected chi connectivity index (χ4v) is 0.716. The van der Waals surface area contributed by atoms with Crippen LogP contribution >= 0.6 is 0 Å².